The molecule has 8 heteroatoms. The van der Waals surface area contributed by atoms with Crippen LogP contribution in [0.3, 0.4) is 0 Å². The third-order valence-electron chi connectivity index (χ3n) is 8.92. The maximum absolute atomic E-state index is 11.5. The highest BCUT2D eigenvalue weighted by atomic mass is 28.3. The van der Waals surface area contributed by atoms with Crippen LogP contribution in [0.5, 0.6) is 0 Å². The lowest BCUT2D eigenvalue weighted by Crippen LogP contribution is -2.55. The van der Waals surface area contributed by atoms with Crippen LogP contribution in [0.2, 0.25) is 18.1 Å². The van der Waals surface area contributed by atoms with Crippen molar-refractivity contribution in [1.82, 2.24) is 10.1 Å². The van der Waals surface area contributed by atoms with Crippen molar-refractivity contribution in [2.24, 2.45) is 0 Å². The summed E-state index contributed by atoms with van der Waals surface area (Å²) in [6, 6.07) is 19.3. The molecule has 230 valence electrons. The molecule has 0 aromatic heterocycles. The number of hydroxylamine groups is 4. The largest absolute Gasteiger partial charge is 0.417 e. The van der Waals surface area contributed by atoms with Crippen LogP contribution in [0.4, 0.5) is 0 Å². The molecular formula is C35H47N3O4Si. The Morgan fingerprint density at radius 1 is 0.907 bits per heavy atom. The average Bonchev–Trinajstić information content (AvgIpc) is 3.34. The van der Waals surface area contributed by atoms with Crippen LogP contribution in [-0.2, 0) is 9.73 Å². The quantitative estimate of drug-likeness (QED) is 0.0967. The minimum atomic E-state index is -2.50. The summed E-state index contributed by atoms with van der Waals surface area (Å²) in [6.07, 6.45) is -1.16. The second-order valence-corrected chi connectivity index (χ2v) is 20.2. The molecule has 0 spiro atoms. The molecule has 0 radical (unpaired) electrons. The number of hydrogen-bond acceptors (Lipinski definition) is 6. The van der Waals surface area contributed by atoms with Crippen LogP contribution < -0.4 is 5.19 Å². The number of hydrogen-bond donors (Lipinski definition) is 2. The summed E-state index contributed by atoms with van der Waals surface area (Å²) in [4.78, 5) is 16.0. The Hall–Kier alpha value is -3.03. The fourth-order valence-corrected chi connectivity index (χ4v) is 8.33. The van der Waals surface area contributed by atoms with Gasteiger partial charge in [0.1, 0.15) is 6.04 Å². The normalized spacial score (nSPS) is 17.8. The molecule has 2 N–H and O–H groups in total. The number of benzene rings is 1. The Morgan fingerprint density at radius 3 is 1.91 bits per heavy atom. The fourth-order valence-electron chi connectivity index (χ4n) is 5.70. The van der Waals surface area contributed by atoms with Crippen LogP contribution >= 0.6 is 0 Å². The molecule has 0 saturated heterocycles. The van der Waals surface area contributed by atoms with Crippen molar-refractivity contribution in [2.75, 3.05) is 0 Å². The van der Waals surface area contributed by atoms with Gasteiger partial charge in [0.15, 0.2) is 12.0 Å². The van der Waals surface area contributed by atoms with Gasteiger partial charge < -0.3 is 10.0 Å². The summed E-state index contributed by atoms with van der Waals surface area (Å²) in [6.45, 7) is 31.7. The molecule has 2 aliphatic carbocycles. The van der Waals surface area contributed by atoms with E-state index in [1.54, 1.807) is 0 Å². The van der Waals surface area contributed by atoms with E-state index in [0.29, 0.717) is 11.5 Å². The van der Waals surface area contributed by atoms with Gasteiger partial charge in [0, 0.05) is 22.2 Å². The fraction of sp³-hybridized carbons (Fsp3) is 0.457. The summed E-state index contributed by atoms with van der Waals surface area (Å²) in [5, 5.41) is 26.0. The summed E-state index contributed by atoms with van der Waals surface area (Å²) >= 11 is 0. The van der Waals surface area contributed by atoms with Crippen LogP contribution in [-0.4, -0.2) is 39.7 Å². The monoisotopic (exact) mass is 601 g/mol. The summed E-state index contributed by atoms with van der Waals surface area (Å²) in [7, 11) is -2.50. The van der Waals surface area contributed by atoms with E-state index in [9.17, 15) is 10.5 Å². The Balaban J connectivity index is 2.24. The zero-order valence-corrected chi connectivity index (χ0v) is 28.5. The first-order valence-electron chi connectivity index (χ1n) is 14.9. The molecule has 1 aromatic carbocycles. The van der Waals surface area contributed by atoms with Crippen molar-refractivity contribution in [3.05, 3.63) is 94.5 Å². The van der Waals surface area contributed by atoms with Crippen LogP contribution in [0.25, 0.3) is 21.7 Å². The summed E-state index contributed by atoms with van der Waals surface area (Å²) < 4.78 is 0. The van der Waals surface area contributed by atoms with Gasteiger partial charge in [0.25, 0.3) is 0 Å². The third kappa shape index (κ3) is 5.78. The lowest BCUT2D eigenvalue weighted by molar-refractivity contribution is -0.379. The van der Waals surface area contributed by atoms with Crippen LogP contribution in [0.15, 0.2) is 66.4 Å². The predicted octanol–water partition coefficient (Wildman–Crippen LogP) is 8.86. The molecule has 2 atom stereocenters. The van der Waals surface area contributed by atoms with Crippen molar-refractivity contribution >= 4 is 19.0 Å². The van der Waals surface area contributed by atoms with Gasteiger partial charge in [-0.2, -0.15) is 5.06 Å². The van der Waals surface area contributed by atoms with E-state index >= 15 is 0 Å². The van der Waals surface area contributed by atoms with Crippen LogP contribution in [0, 0.1) is 6.57 Å². The van der Waals surface area contributed by atoms with Gasteiger partial charge in [-0.1, -0.05) is 94.5 Å². The van der Waals surface area contributed by atoms with Gasteiger partial charge in [-0.15, -0.1) is 5.06 Å². The molecule has 3 aliphatic rings. The van der Waals surface area contributed by atoms with Crippen molar-refractivity contribution in [1.29, 1.82) is 0 Å². The highest BCUT2D eigenvalue weighted by Crippen LogP contribution is 2.53. The van der Waals surface area contributed by atoms with E-state index in [1.807, 2.05) is 80.4 Å². The molecule has 1 aliphatic heterocycles. The maximum atomic E-state index is 11.5. The van der Waals surface area contributed by atoms with E-state index in [4.69, 9.17) is 16.3 Å². The molecular weight excluding hydrogens is 554 g/mol. The first kappa shape index (κ1) is 32.9. The predicted molar refractivity (Wildman–Crippen MR) is 175 cm³/mol. The van der Waals surface area contributed by atoms with Gasteiger partial charge in [0.05, 0.1) is 14.6 Å². The highest BCUT2D eigenvalue weighted by molar-refractivity contribution is 6.93. The summed E-state index contributed by atoms with van der Waals surface area (Å²) in [5.74, 6) is 0.543. The van der Waals surface area contributed by atoms with Gasteiger partial charge in [0.2, 0.25) is 5.70 Å². The van der Waals surface area contributed by atoms with E-state index < -0.39 is 31.4 Å². The second kappa shape index (κ2) is 11.5. The first-order chi connectivity index (χ1) is 19.9. The summed E-state index contributed by atoms with van der Waals surface area (Å²) in [5.41, 5.74) is 3.59. The van der Waals surface area contributed by atoms with Gasteiger partial charge in [-0.05, 0) is 68.5 Å². The Bertz CT molecular complexity index is 1510. The van der Waals surface area contributed by atoms with E-state index in [-0.39, 0.29) is 5.04 Å². The molecule has 7 nitrogen and oxygen atoms in total. The molecule has 1 heterocycles. The average molecular weight is 602 g/mol. The zero-order valence-electron chi connectivity index (χ0n) is 27.5. The van der Waals surface area contributed by atoms with E-state index in [0.717, 1.165) is 38.1 Å². The Morgan fingerprint density at radius 2 is 1.44 bits per heavy atom. The molecule has 43 heavy (non-hydrogen) atoms. The molecule has 0 amide bonds. The van der Waals surface area contributed by atoms with Gasteiger partial charge in [-0.25, -0.2) is 15.0 Å². The topological polar surface area (TPSA) is 69.8 Å². The minimum absolute atomic E-state index is 0.138. The molecule has 4 rings (SSSR count). The third-order valence-corrected chi connectivity index (χ3v) is 14.5. The van der Waals surface area contributed by atoms with Gasteiger partial charge in [-0.3, -0.25) is 0 Å². The molecule has 0 saturated carbocycles. The maximum Gasteiger partial charge on any atom is 0.234 e. The Labute approximate surface area is 258 Å². The lowest BCUT2D eigenvalue weighted by atomic mass is 9.96. The van der Waals surface area contributed by atoms with E-state index in [2.05, 4.69) is 65.5 Å². The molecule has 1 aromatic rings. The Kier molecular flexibility index (Phi) is 8.77. The minimum Gasteiger partial charge on any atom is -0.417 e. The standard InChI is InChI=1S/C35H47N3O4Si/c1-33(2,3)37(39)32(42-40)27-25-22-18-14-17-21-24(25)26(31(27)43(11,12)35(7,8)9)29-28(36-10)30(23-19-15-13-16-20-23)41-38(29)34(4,5)6/h13-22,29,32,39-40H,1-9,11-12H3. The zero-order chi connectivity index (χ0) is 32.1. The number of nitrogens with zero attached hydrogens (tertiary/aromatic N) is 3. The van der Waals surface area contributed by atoms with Crippen molar-refractivity contribution < 1.29 is 20.2 Å². The smallest absolute Gasteiger partial charge is 0.234 e. The SMILES string of the molecule is [C-]#[N+]C1=C(c2ccccc2)ON(C(C)(C)C)C1c1c2cccccc-2c(C(OO)N(O)C(C)(C)C)c1[Si](C)(C)C(C)(C)C. The number of fused-ring (bicyclic) bond motifs is 1. The van der Waals surface area contributed by atoms with Crippen molar-refractivity contribution in [2.45, 2.75) is 104 Å². The lowest BCUT2D eigenvalue weighted by Gasteiger charge is -2.43. The van der Waals surface area contributed by atoms with Crippen molar-refractivity contribution in [3.63, 3.8) is 0 Å². The van der Waals surface area contributed by atoms with Crippen molar-refractivity contribution in [3.8, 4) is 11.1 Å². The first-order valence-corrected chi connectivity index (χ1v) is 17.9. The molecule has 0 fully saturated rings. The number of rotatable bonds is 6. The second-order valence-electron chi connectivity index (χ2n) is 15.0. The molecule has 0 bridgehead atoms. The van der Waals surface area contributed by atoms with Crippen LogP contribution in [0.1, 0.15) is 91.3 Å². The van der Waals surface area contributed by atoms with E-state index in [1.165, 1.54) is 0 Å². The van der Waals surface area contributed by atoms with Gasteiger partial charge >= 0.3 is 0 Å². The highest BCUT2D eigenvalue weighted by Gasteiger charge is 2.52. The molecule has 2 unspecified atom stereocenters.